The molecule has 1 fully saturated rings. The molecule has 4 aromatic rings. The zero-order chi connectivity index (χ0) is 20.1. The molecule has 0 spiro atoms. The molecular weight excluding hydrogens is 364 g/mol. The number of aromatic amines is 1. The van der Waals surface area contributed by atoms with Crippen molar-refractivity contribution in [1.82, 2.24) is 24.6 Å². The number of nitrogens with zero attached hydrogens (tertiary/aromatic N) is 4. The lowest BCUT2D eigenvalue weighted by Crippen LogP contribution is -2.17. The molecule has 29 heavy (non-hydrogen) atoms. The van der Waals surface area contributed by atoms with Gasteiger partial charge in [-0.15, -0.1) is 0 Å². The van der Waals surface area contributed by atoms with Gasteiger partial charge in [-0.05, 0) is 51.6 Å². The van der Waals surface area contributed by atoms with E-state index >= 15 is 0 Å². The van der Waals surface area contributed by atoms with Gasteiger partial charge < -0.3 is 10.3 Å². The van der Waals surface area contributed by atoms with Crippen molar-refractivity contribution in [3.05, 3.63) is 53.5 Å². The van der Waals surface area contributed by atoms with Gasteiger partial charge in [0.25, 0.3) is 5.91 Å². The Morgan fingerprint density at radius 2 is 2.10 bits per heavy atom. The fourth-order valence-corrected chi connectivity index (χ4v) is 4.37. The maximum Gasteiger partial charge on any atom is 0.256 e. The molecule has 0 unspecified atom stereocenters. The third-order valence-corrected chi connectivity index (χ3v) is 5.94. The van der Waals surface area contributed by atoms with E-state index in [-0.39, 0.29) is 5.91 Å². The topological polar surface area (TPSA) is 78.8 Å². The predicted molar refractivity (Wildman–Crippen MR) is 114 cm³/mol. The van der Waals surface area contributed by atoms with Crippen molar-refractivity contribution in [1.29, 1.82) is 0 Å². The van der Waals surface area contributed by atoms with Gasteiger partial charge in [-0.2, -0.15) is 5.10 Å². The second-order valence-electron chi connectivity index (χ2n) is 7.92. The van der Waals surface area contributed by atoms with Crippen LogP contribution in [0.4, 0.5) is 5.82 Å². The summed E-state index contributed by atoms with van der Waals surface area (Å²) in [6, 6.07) is 10.1. The van der Waals surface area contributed by atoms with Gasteiger partial charge in [0.15, 0.2) is 0 Å². The Bertz CT molecular complexity index is 1240. The van der Waals surface area contributed by atoms with Gasteiger partial charge in [-0.3, -0.25) is 14.4 Å². The number of carbonyl (C=O) groups is 1. The maximum atomic E-state index is 12.8. The van der Waals surface area contributed by atoms with Gasteiger partial charge in [0, 0.05) is 47.4 Å². The lowest BCUT2D eigenvalue weighted by atomic mass is 10.1. The fraction of sp³-hybridized carbons (Fsp3) is 0.318. The Labute approximate surface area is 168 Å². The summed E-state index contributed by atoms with van der Waals surface area (Å²) >= 11 is 0. The molecule has 0 saturated carbocycles. The number of carbonyl (C=O) groups excluding carboxylic acids is 1. The minimum absolute atomic E-state index is 0.181. The maximum absolute atomic E-state index is 12.8. The largest absolute Gasteiger partial charge is 0.357 e. The highest BCUT2D eigenvalue weighted by molar-refractivity contribution is 6.06. The van der Waals surface area contributed by atoms with Crippen molar-refractivity contribution in [2.45, 2.75) is 25.8 Å². The first kappa shape index (κ1) is 17.9. The van der Waals surface area contributed by atoms with Crippen LogP contribution in [0.15, 0.2) is 36.5 Å². The molecule has 3 aromatic heterocycles. The molecule has 1 amide bonds. The van der Waals surface area contributed by atoms with Crippen molar-refractivity contribution >= 4 is 33.5 Å². The number of likely N-dealkylation sites (tertiary alicyclic amines) is 1. The Kier molecular flexibility index (Phi) is 4.13. The number of pyridine rings is 1. The van der Waals surface area contributed by atoms with Crippen molar-refractivity contribution in [3.63, 3.8) is 0 Å². The quantitative estimate of drug-likeness (QED) is 0.560. The lowest BCUT2D eigenvalue weighted by molar-refractivity contribution is 0.102. The normalized spacial score (nSPS) is 17.4. The van der Waals surface area contributed by atoms with Gasteiger partial charge in [0.1, 0.15) is 5.82 Å². The van der Waals surface area contributed by atoms with E-state index in [1.807, 2.05) is 44.4 Å². The molecule has 2 N–H and O–H groups in total. The first-order valence-electron chi connectivity index (χ1n) is 9.93. The predicted octanol–water partition coefficient (Wildman–Crippen LogP) is 3.78. The monoisotopic (exact) mass is 388 g/mol. The Morgan fingerprint density at radius 3 is 2.90 bits per heavy atom. The van der Waals surface area contributed by atoms with Crippen LogP contribution in [0.25, 0.3) is 21.8 Å². The first-order valence-corrected chi connectivity index (χ1v) is 9.93. The van der Waals surface area contributed by atoms with E-state index < -0.39 is 0 Å². The number of H-pyrrole nitrogens is 1. The molecule has 7 nitrogen and oxygen atoms in total. The molecule has 0 radical (unpaired) electrons. The minimum atomic E-state index is -0.181. The number of rotatable bonds is 3. The van der Waals surface area contributed by atoms with E-state index in [1.54, 1.807) is 4.68 Å². The van der Waals surface area contributed by atoms with Crippen LogP contribution < -0.4 is 5.32 Å². The summed E-state index contributed by atoms with van der Waals surface area (Å²) in [5, 5.41) is 9.45. The molecule has 5 rings (SSSR count). The standard InChI is InChI=1S/C22H24N6O/c1-13-16-7-6-14(10-20(16)28(3)26-13)22(29)25-21-11-17-15(12-23-21)9-18(24-17)19-5-4-8-27(19)2/h6-7,9-12,19,24H,4-5,8H2,1-3H3,(H,23,25,29)/t19-/m0/s1. The van der Waals surface area contributed by atoms with Crippen LogP contribution in [0, 0.1) is 6.92 Å². The molecule has 4 heterocycles. The number of nitrogens with one attached hydrogen (secondary N) is 2. The van der Waals surface area contributed by atoms with E-state index in [0.29, 0.717) is 17.4 Å². The zero-order valence-electron chi connectivity index (χ0n) is 16.9. The minimum Gasteiger partial charge on any atom is -0.357 e. The van der Waals surface area contributed by atoms with Crippen LogP contribution in [0.5, 0.6) is 0 Å². The van der Waals surface area contributed by atoms with Crippen LogP contribution in [0.3, 0.4) is 0 Å². The highest BCUT2D eigenvalue weighted by atomic mass is 16.1. The zero-order valence-corrected chi connectivity index (χ0v) is 16.9. The second-order valence-corrected chi connectivity index (χ2v) is 7.92. The number of fused-ring (bicyclic) bond motifs is 2. The van der Waals surface area contributed by atoms with Crippen LogP contribution in [0.2, 0.25) is 0 Å². The second kappa shape index (κ2) is 6.70. The van der Waals surface area contributed by atoms with Gasteiger partial charge in [0.05, 0.1) is 16.7 Å². The highest BCUT2D eigenvalue weighted by Crippen LogP contribution is 2.32. The van der Waals surface area contributed by atoms with E-state index in [1.165, 1.54) is 12.1 Å². The van der Waals surface area contributed by atoms with Gasteiger partial charge >= 0.3 is 0 Å². The molecular formula is C22H24N6O. The molecule has 1 aliphatic heterocycles. The number of benzene rings is 1. The molecule has 1 saturated heterocycles. The molecule has 0 aliphatic carbocycles. The number of amides is 1. The van der Waals surface area contributed by atoms with E-state index in [4.69, 9.17) is 0 Å². The summed E-state index contributed by atoms with van der Waals surface area (Å²) in [5.41, 5.74) is 4.68. The van der Waals surface area contributed by atoms with Gasteiger partial charge in [-0.25, -0.2) is 4.98 Å². The summed E-state index contributed by atoms with van der Waals surface area (Å²) in [5.74, 6) is 0.358. The Balaban J connectivity index is 1.41. The van der Waals surface area contributed by atoms with Crippen LogP contribution >= 0.6 is 0 Å². The van der Waals surface area contributed by atoms with Crippen LogP contribution in [-0.4, -0.2) is 44.1 Å². The summed E-state index contributed by atoms with van der Waals surface area (Å²) in [6.07, 6.45) is 4.19. The number of hydrogen-bond donors (Lipinski definition) is 2. The average molecular weight is 388 g/mol. The van der Waals surface area contributed by atoms with Crippen LogP contribution in [-0.2, 0) is 7.05 Å². The summed E-state index contributed by atoms with van der Waals surface area (Å²) < 4.78 is 1.80. The smallest absolute Gasteiger partial charge is 0.256 e. The number of aromatic nitrogens is 4. The third-order valence-electron chi connectivity index (χ3n) is 5.94. The molecule has 7 heteroatoms. The third kappa shape index (κ3) is 3.07. The molecule has 0 bridgehead atoms. The molecule has 1 aromatic carbocycles. The van der Waals surface area contributed by atoms with Crippen molar-refractivity contribution in [2.24, 2.45) is 7.05 Å². The first-order chi connectivity index (χ1) is 14.0. The lowest BCUT2D eigenvalue weighted by Gasteiger charge is -2.17. The highest BCUT2D eigenvalue weighted by Gasteiger charge is 2.24. The van der Waals surface area contributed by atoms with Crippen molar-refractivity contribution < 1.29 is 4.79 Å². The van der Waals surface area contributed by atoms with E-state index in [9.17, 15) is 4.79 Å². The molecule has 148 valence electrons. The van der Waals surface area contributed by atoms with Crippen LogP contribution in [0.1, 0.15) is 40.6 Å². The molecule has 1 atom stereocenters. The molecule has 1 aliphatic rings. The fourth-order valence-electron chi connectivity index (χ4n) is 4.37. The number of anilines is 1. The van der Waals surface area contributed by atoms with Crippen molar-refractivity contribution in [3.8, 4) is 0 Å². The number of aryl methyl sites for hydroxylation is 2. The summed E-state index contributed by atoms with van der Waals surface area (Å²) in [4.78, 5) is 23.1. The van der Waals surface area contributed by atoms with E-state index in [2.05, 4.69) is 38.4 Å². The van der Waals surface area contributed by atoms with Gasteiger partial charge in [0.2, 0.25) is 0 Å². The Morgan fingerprint density at radius 1 is 1.24 bits per heavy atom. The Hall–Kier alpha value is -3.19. The number of hydrogen-bond acceptors (Lipinski definition) is 4. The average Bonchev–Trinajstić information content (AvgIpc) is 3.38. The summed E-state index contributed by atoms with van der Waals surface area (Å²) in [7, 11) is 4.05. The van der Waals surface area contributed by atoms with Crippen molar-refractivity contribution in [2.75, 3.05) is 18.9 Å². The summed E-state index contributed by atoms with van der Waals surface area (Å²) in [6.45, 7) is 3.09. The van der Waals surface area contributed by atoms with E-state index in [0.717, 1.165) is 40.5 Å². The van der Waals surface area contributed by atoms with Gasteiger partial charge in [-0.1, -0.05) is 6.07 Å². The SMILES string of the molecule is Cc1nn(C)c2cc(C(=O)Nc3cc4[nH]c([C@@H]5CCCN5C)cc4cn3)ccc12.